The third-order valence-electron chi connectivity index (χ3n) is 4.53. The molecule has 0 aromatic heterocycles. The van der Waals surface area contributed by atoms with Crippen LogP contribution in [0.15, 0.2) is 53.1 Å². The van der Waals surface area contributed by atoms with Gasteiger partial charge in [0.15, 0.2) is 11.6 Å². The van der Waals surface area contributed by atoms with Gasteiger partial charge >= 0.3 is 0 Å². The van der Waals surface area contributed by atoms with E-state index in [-0.39, 0.29) is 23.9 Å². The first-order chi connectivity index (χ1) is 11.7. The molecular formula is C21H25NO3. The standard InChI is InChI=1S/C21H25NO3/c1-14-12-17(23)19(15(2)20(14)25)21(3,4)13-18(24)22-11-10-16-8-6-5-7-9-16/h5-9,12H,10-11,13H2,1-4H3,(H,22,24). The number of benzene rings is 1. The molecule has 4 heteroatoms. The Hall–Kier alpha value is -2.49. The van der Waals surface area contributed by atoms with Gasteiger partial charge in [-0.15, -0.1) is 0 Å². The minimum Gasteiger partial charge on any atom is -0.356 e. The zero-order valence-corrected chi connectivity index (χ0v) is 15.3. The molecule has 0 heterocycles. The lowest BCUT2D eigenvalue weighted by Crippen LogP contribution is -2.34. The van der Waals surface area contributed by atoms with Crippen molar-refractivity contribution in [2.75, 3.05) is 6.54 Å². The molecule has 0 aliphatic heterocycles. The molecule has 0 saturated carbocycles. The molecule has 1 aliphatic carbocycles. The van der Waals surface area contributed by atoms with Crippen molar-refractivity contribution in [2.24, 2.45) is 5.41 Å². The van der Waals surface area contributed by atoms with Crippen LogP contribution in [0, 0.1) is 5.41 Å². The maximum Gasteiger partial charge on any atom is 0.220 e. The van der Waals surface area contributed by atoms with Gasteiger partial charge in [0.1, 0.15) is 0 Å². The fourth-order valence-corrected chi connectivity index (χ4v) is 3.31. The Balaban J connectivity index is 1.99. The van der Waals surface area contributed by atoms with Crippen LogP contribution in [-0.4, -0.2) is 24.0 Å². The molecule has 1 amide bonds. The van der Waals surface area contributed by atoms with Crippen LogP contribution >= 0.6 is 0 Å². The molecule has 0 bridgehead atoms. The van der Waals surface area contributed by atoms with Crippen molar-refractivity contribution in [3.05, 3.63) is 58.7 Å². The molecule has 0 spiro atoms. The topological polar surface area (TPSA) is 63.2 Å². The fourth-order valence-electron chi connectivity index (χ4n) is 3.31. The minimum atomic E-state index is -0.690. The lowest BCUT2D eigenvalue weighted by Gasteiger charge is -2.29. The summed E-state index contributed by atoms with van der Waals surface area (Å²) in [6.07, 6.45) is 2.30. The van der Waals surface area contributed by atoms with Gasteiger partial charge in [-0.05, 0) is 31.9 Å². The molecule has 1 aromatic rings. The van der Waals surface area contributed by atoms with Crippen LogP contribution in [0.2, 0.25) is 0 Å². The van der Waals surface area contributed by atoms with Crippen LogP contribution in [0.1, 0.15) is 39.7 Å². The third-order valence-corrected chi connectivity index (χ3v) is 4.53. The maximum atomic E-state index is 12.4. The second-order valence-corrected chi connectivity index (χ2v) is 7.17. The van der Waals surface area contributed by atoms with Crippen molar-refractivity contribution < 1.29 is 14.4 Å². The van der Waals surface area contributed by atoms with Gasteiger partial charge in [0.25, 0.3) is 0 Å². The number of carbonyl (C=O) groups is 3. The average Bonchev–Trinajstić information content (AvgIpc) is 2.53. The van der Waals surface area contributed by atoms with Crippen molar-refractivity contribution >= 4 is 17.5 Å². The highest BCUT2D eigenvalue weighted by Crippen LogP contribution is 2.36. The van der Waals surface area contributed by atoms with E-state index in [9.17, 15) is 14.4 Å². The number of allylic oxidation sites excluding steroid dienone is 4. The van der Waals surface area contributed by atoms with Crippen LogP contribution in [0.25, 0.3) is 0 Å². The van der Waals surface area contributed by atoms with Crippen LogP contribution in [-0.2, 0) is 20.8 Å². The molecule has 2 rings (SSSR count). The van der Waals surface area contributed by atoms with E-state index in [4.69, 9.17) is 0 Å². The van der Waals surface area contributed by atoms with Crippen molar-refractivity contribution in [1.82, 2.24) is 5.32 Å². The second kappa shape index (κ2) is 7.60. The molecule has 4 nitrogen and oxygen atoms in total. The summed E-state index contributed by atoms with van der Waals surface area (Å²) in [7, 11) is 0. The molecule has 132 valence electrons. The van der Waals surface area contributed by atoms with Crippen molar-refractivity contribution in [3.63, 3.8) is 0 Å². The molecule has 0 radical (unpaired) electrons. The monoisotopic (exact) mass is 339 g/mol. The predicted molar refractivity (Wildman–Crippen MR) is 98.0 cm³/mol. The molecule has 0 fully saturated rings. The Morgan fingerprint density at radius 2 is 1.72 bits per heavy atom. The van der Waals surface area contributed by atoms with Gasteiger partial charge in [-0.1, -0.05) is 44.2 Å². The first kappa shape index (κ1) is 18.8. The summed E-state index contributed by atoms with van der Waals surface area (Å²) in [5, 5.41) is 2.90. The normalized spacial score (nSPS) is 15.3. The first-order valence-electron chi connectivity index (χ1n) is 8.51. The number of hydrogen-bond donors (Lipinski definition) is 1. The van der Waals surface area contributed by atoms with E-state index in [0.29, 0.717) is 23.3 Å². The number of ketones is 2. The summed E-state index contributed by atoms with van der Waals surface area (Å²) in [6.45, 7) is 7.53. The van der Waals surface area contributed by atoms with E-state index in [1.807, 2.05) is 44.2 Å². The molecule has 1 aliphatic rings. The Morgan fingerprint density at radius 3 is 2.36 bits per heavy atom. The quantitative estimate of drug-likeness (QED) is 0.810. The number of rotatable bonds is 6. The Morgan fingerprint density at radius 1 is 1.08 bits per heavy atom. The van der Waals surface area contributed by atoms with Gasteiger partial charge in [-0.2, -0.15) is 0 Å². The molecule has 0 saturated heterocycles. The number of amides is 1. The van der Waals surface area contributed by atoms with E-state index < -0.39 is 5.41 Å². The molecule has 0 atom stereocenters. The zero-order valence-electron chi connectivity index (χ0n) is 15.3. The highest BCUT2D eigenvalue weighted by Gasteiger charge is 2.35. The Kier molecular flexibility index (Phi) is 5.73. The van der Waals surface area contributed by atoms with E-state index in [2.05, 4.69) is 5.32 Å². The second-order valence-electron chi connectivity index (χ2n) is 7.17. The summed E-state index contributed by atoms with van der Waals surface area (Å²) < 4.78 is 0. The Bertz CT molecular complexity index is 755. The summed E-state index contributed by atoms with van der Waals surface area (Å²) >= 11 is 0. The molecule has 1 aromatic carbocycles. The van der Waals surface area contributed by atoms with E-state index in [1.165, 1.54) is 6.08 Å². The third kappa shape index (κ3) is 4.53. The molecule has 1 N–H and O–H groups in total. The molecular weight excluding hydrogens is 314 g/mol. The van der Waals surface area contributed by atoms with Crippen LogP contribution in [0.3, 0.4) is 0 Å². The highest BCUT2D eigenvalue weighted by molar-refractivity contribution is 6.22. The van der Waals surface area contributed by atoms with Crippen molar-refractivity contribution in [2.45, 2.75) is 40.5 Å². The van der Waals surface area contributed by atoms with Gasteiger partial charge in [-0.3, -0.25) is 14.4 Å². The summed E-state index contributed by atoms with van der Waals surface area (Å²) in [6, 6.07) is 9.93. The largest absolute Gasteiger partial charge is 0.356 e. The average molecular weight is 339 g/mol. The SMILES string of the molecule is CC1=CC(=O)C(C(C)(C)CC(=O)NCCc2ccccc2)=C(C)C1=O. The first-order valence-corrected chi connectivity index (χ1v) is 8.51. The van der Waals surface area contributed by atoms with Crippen LogP contribution in [0.4, 0.5) is 0 Å². The van der Waals surface area contributed by atoms with Gasteiger partial charge in [0, 0.05) is 35.1 Å². The van der Waals surface area contributed by atoms with E-state index in [1.54, 1.807) is 13.8 Å². The predicted octanol–water partition coefficient (Wildman–Crippen LogP) is 3.18. The summed E-state index contributed by atoms with van der Waals surface area (Å²) in [5.41, 5.74) is 1.82. The van der Waals surface area contributed by atoms with Gasteiger partial charge < -0.3 is 5.32 Å². The summed E-state index contributed by atoms with van der Waals surface area (Å²) in [4.78, 5) is 36.8. The smallest absolute Gasteiger partial charge is 0.220 e. The minimum absolute atomic E-state index is 0.118. The van der Waals surface area contributed by atoms with E-state index >= 15 is 0 Å². The van der Waals surface area contributed by atoms with Crippen molar-refractivity contribution in [3.8, 4) is 0 Å². The number of hydrogen-bond acceptors (Lipinski definition) is 3. The Labute approximate surface area is 149 Å². The van der Waals surface area contributed by atoms with Crippen molar-refractivity contribution in [1.29, 1.82) is 0 Å². The van der Waals surface area contributed by atoms with Crippen LogP contribution < -0.4 is 5.32 Å². The number of Topliss-reactive ketones (excluding diaryl/α,β-unsaturated/α-hetero) is 1. The van der Waals surface area contributed by atoms with Crippen LogP contribution in [0.5, 0.6) is 0 Å². The molecule has 25 heavy (non-hydrogen) atoms. The van der Waals surface area contributed by atoms with Gasteiger partial charge in [-0.25, -0.2) is 0 Å². The molecule has 0 unspecified atom stereocenters. The number of nitrogens with one attached hydrogen (secondary N) is 1. The lowest BCUT2D eigenvalue weighted by molar-refractivity contribution is -0.123. The van der Waals surface area contributed by atoms with Gasteiger partial charge in [0.05, 0.1) is 0 Å². The fraction of sp³-hybridized carbons (Fsp3) is 0.381. The number of carbonyl (C=O) groups excluding carboxylic acids is 3. The summed E-state index contributed by atoms with van der Waals surface area (Å²) in [5.74, 6) is -0.406. The highest BCUT2D eigenvalue weighted by atomic mass is 16.2. The lowest BCUT2D eigenvalue weighted by atomic mass is 9.73. The zero-order chi connectivity index (χ0) is 18.6. The van der Waals surface area contributed by atoms with Gasteiger partial charge in [0.2, 0.25) is 5.91 Å². The maximum absolute atomic E-state index is 12.4. The van der Waals surface area contributed by atoms with E-state index in [0.717, 1.165) is 12.0 Å².